The number of carbonyl (C=O) groups is 1. The summed E-state index contributed by atoms with van der Waals surface area (Å²) >= 11 is 0. The van der Waals surface area contributed by atoms with Crippen LogP contribution in [-0.4, -0.2) is 84.8 Å². The number of imidazole rings is 1. The first-order chi connectivity index (χ1) is 23.4. The number of methoxy groups -OCH3 is 1. The fraction of sp³-hybridized carbons (Fsp3) is 0.564. The first-order valence-electron chi connectivity index (χ1n) is 18.0. The molecule has 0 radical (unpaired) electrons. The smallest absolute Gasteiger partial charge is 0.305 e. The van der Waals surface area contributed by atoms with Gasteiger partial charge in [0.1, 0.15) is 5.82 Å². The van der Waals surface area contributed by atoms with Gasteiger partial charge in [-0.15, -0.1) is 0 Å². The molecule has 2 aromatic carbocycles. The summed E-state index contributed by atoms with van der Waals surface area (Å²) in [5, 5.41) is 9.66. The largest absolute Gasteiger partial charge is 0.469 e. The van der Waals surface area contributed by atoms with Crippen LogP contribution in [0.25, 0.3) is 0 Å². The minimum absolute atomic E-state index is 0.121. The molecule has 1 saturated carbocycles. The van der Waals surface area contributed by atoms with E-state index in [2.05, 4.69) is 44.0 Å². The number of carbonyl (C=O) groups excluding carboxylic acids is 1. The molecule has 4 heterocycles. The zero-order valence-corrected chi connectivity index (χ0v) is 28.3. The van der Waals surface area contributed by atoms with Gasteiger partial charge in [0.15, 0.2) is 0 Å². The van der Waals surface area contributed by atoms with Crippen LogP contribution in [0.5, 0.6) is 0 Å². The number of nitrogens with zero attached hydrogens (tertiary/aromatic N) is 6. The van der Waals surface area contributed by atoms with Gasteiger partial charge in [-0.3, -0.25) is 4.79 Å². The summed E-state index contributed by atoms with van der Waals surface area (Å²) in [6, 6.07) is 16.0. The maximum absolute atomic E-state index is 15.0. The number of benzene rings is 2. The van der Waals surface area contributed by atoms with Gasteiger partial charge in [0, 0.05) is 68.6 Å². The van der Waals surface area contributed by atoms with E-state index < -0.39 is 0 Å². The van der Waals surface area contributed by atoms with Gasteiger partial charge < -0.3 is 24.0 Å². The summed E-state index contributed by atoms with van der Waals surface area (Å²) in [7, 11) is 1.49. The summed E-state index contributed by atoms with van der Waals surface area (Å²) < 4.78 is 22.1. The molecule has 1 aliphatic carbocycles. The number of halogens is 1. The van der Waals surface area contributed by atoms with Gasteiger partial charge in [-0.1, -0.05) is 18.6 Å². The van der Waals surface area contributed by atoms with Gasteiger partial charge in [-0.25, -0.2) is 9.37 Å². The lowest BCUT2D eigenvalue weighted by Crippen LogP contribution is -2.58. The van der Waals surface area contributed by atoms with Gasteiger partial charge >= 0.3 is 5.97 Å². The highest BCUT2D eigenvalue weighted by Gasteiger charge is 2.53. The van der Waals surface area contributed by atoms with E-state index in [1.807, 2.05) is 29.0 Å². The number of hydrogen-bond acceptors (Lipinski definition) is 7. The highest BCUT2D eigenvalue weighted by Crippen LogP contribution is 2.54. The second-order valence-electron chi connectivity index (χ2n) is 14.8. The Morgan fingerprint density at radius 1 is 1.04 bits per heavy atom. The summed E-state index contributed by atoms with van der Waals surface area (Å²) in [5.41, 5.74) is 3.88. The van der Waals surface area contributed by atoms with Crippen LogP contribution in [0.15, 0.2) is 61.2 Å². The Kier molecular flexibility index (Phi) is 9.83. The second kappa shape index (κ2) is 14.4. The van der Waals surface area contributed by atoms with Crippen LogP contribution < -0.4 is 4.90 Å². The Bertz CT molecular complexity index is 1590. The highest BCUT2D eigenvalue weighted by atomic mass is 19.1. The molecule has 0 unspecified atom stereocenters. The van der Waals surface area contributed by atoms with Crippen LogP contribution in [0.4, 0.5) is 10.1 Å². The number of aromatic nitrogens is 2. The number of ether oxygens (including phenoxy) is 1. The average molecular weight is 653 g/mol. The molecule has 3 aliphatic heterocycles. The number of piperidine rings is 1. The van der Waals surface area contributed by atoms with E-state index in [4.69, 9.17) is 4.74 Å². The van der Waals surface area contributed by atoms with Crippen molar-refractivity contribution < 1.29 is 13.9 Å². The molecule has 3 saturated heterocycles. The van der Waals surface area contributed by atoms with E-state index in [1.54, 1.807) is 18.6 Å². The third-order valence-electron chi connectivity index (χ3n) is 12.0. The minimum Gasteiger partial charge on any atom is -0.469 e. The van der Waals surface area contributed by atoms with Gasteiger partial charge in [-0.2, -0.15) is 5.26 Å². The molecule has 0 N–H and O–H groups in total. The quantitative estimate of drug-likeness (QED) is 0.232. The van der Waals surface area contributed by atoms with E-state index in [0.29, 0.717) is 36.3 Å². The summed E-state index contributed by atoms with van der Waals surface area (Å²) in [6.07, 6.45) is 12.6. The molecule has 0 amide bonds. The summed E-state index contributed by atoms with van der Waals surface area (Å²) in [6.45, 7) is 9.05. The molecule has 8 nitrogen and oxygen atoms in total. The van der Waals surface area contributed by atoms with E-state index in [0.717, 1.165) is 95.6 Å². The number of esters is 1. The third-order valence-corrected chi connectivity index (χ3v) is 12.0. The van der Waals surface area contributed by atoms with E-state index in [-0.39, 0.29) is 23.1 Å². The Morgan fingerprint density at radius 2 is 1.88 bits per heavy atom. The SMILES string of the molecule is COC(=O)C[C@H]1CCC[C@@H]1[C@](CN1CCC1)(c1cccc(F)c1)C1CCN(CC2CN(c3ccc(C#N)c(Cn4ccnc4)c3)C2)CC1. The molecule has 7 rings (SSSR count). The van der Waals surface area contributed by atoms with Crippen molar-refractivity contribution in [1.82, 2.24) is 19.4 Å². The molecule has 4 fully saturated rings. The molecule has 48 heavy (non-hydrogen) atoms. The maximum Gasteiger partial charge on any atom is 0.305 e. The lowest BCUT2D eigenvalue weighted by Gasteiger charge is -2.54. The van der Waals surface area contributed by atoms with Gasteiger partial charge in [0.05, 0.1) is 25.1 Å². The van der Waals surface area contributed by atoms with E-state index >= 15 is 0 Å². The Labute approximate surface area is 284 Å². The Morgan fingerprint density at radius 3 is 2.56 bits per heavy atom. The van der Waals surface area contributed by atoms with Gasteiger partial charge in [0.25, 0.3) is 0 Å². The molecule has 9 heteroatoms. The molecule has 0 bridgehead atoms. The first-order valence-corrected chi connectivity index (χ1v) is 18.0. The Balaban J connectivity index is 1.03. The normalized spacial score (nSPS) is 23.6. The lowest BCUT2D eigenvalue weighted by atomic mass is 9.56. The van der Waals surface area contributed by atoms with Crippen molar-refractivity contribution in [2.24, 2.45) is 23.7 Å². The first kappa shape index (κ1) is 32.8. The predicted molar refractivity (Wildman–Crippen MR) is 184 cm³/mol. The van der Waals surface area contributed by atoms with Crippen LogP contribution in [-0.2, 0) is 21.5 Å². The average Bonchev–Trinajstić information content (AvgIpc) is 3.75. The molecule has 3 aromatic rings. The zero-order chi connectivity index (χ0) is 33.1. The van der Waals surface area contributed by atoms with Crippen molar-refractivity contribution in [2.75, 3.05) is 64.4 Å². The van der Waals surface area contributed by atoms with Crippen molar-refractivity contribution in [1.29, 1.82) is 5.26 Å². The van der Waals surface area contributed by atoms with Crippen LogP contribution in [0.3, 0.4) is 0 Å². The fourth-order valence-corrected chi connectivity index (χ4v) is 9.52. The van der Waals surface area contributed by atoms with Crippen LogP contribution in [0.1, 0.15) is 61.6 Å². The lowest BCUT2D eigenvalue weighted by molar-refractivity contribution is -0.142. The minimum atomic E-state index is -0.179. The van der Waals surface area contributed by atoms with Crippen molar-refractivity contribution >= 4 is 11.7 Å². The van der Waals surface area contributed by atoms with Crippen LogP contribution in [0, 0.1) is 40.8 Å². The standard InChI is InChI=1S/C39H49FN6O2/c1-48-38(47)20-30-5-2-8-37(30)39(27-44-14-4-15-44,34-6-3-7-35(40)21-34)33-11-16-43(17-12-33)23-29-24-46(25-29)36-10-9-31(22-41)32(19-36)26-45-18-13-42-28-45/h3,6-7,9-10,13,18-19,21,28-30,33,37H,2,4-5,8,11-12,14-17,20,23-27H2,1H3/t30-,37+,39+/m1/s1. The topological polar surface area (TPSA) is 77.6 Å². The molecular weight excluding hydrogens is 603 g/mol. The number of nitriles is 1. The third kappa shape index (κ3) is 6.75. The van der Waals surface area contributed by atoms with Crippen molar-refractivity contribution in [3.8, 4) is 6.07 Å². The molecule has 254 valence electrons. The van der Waals surface area contributed by atoms with Crippen LogP contribution in [0.2, 0.25) is 0 Å². The van der Waals surface area contributed by atoms with E-state index in [9.17, 15) is 14.4 Å². The van der Waals surface area contributed by atoms with E-state index in [1.165, 1.54) is 19.2 Å². The van der Waals surface area contributed by atoms with Crippen molar-refractivity contribution in [3.05, 3.63) is 83.7 Å². The Hall–Kier alpha value is -3.74. The fourth-order valence-electron chi connectivity index (χ4n) is 9.52. The predicted octanol–water partition coefficient (Wildman–Crippen LogP) is 5.71. The van der Waals surface area contributed by atoms with Crippen molar-refractivity contribution in [3.63, 3.8) is 0 Å². The molecule has 4 aliphatic rings. The van der Waals surface area contributed by atoms with Gasteiger partial charge in [-0.05, 0) is 117 Å². The number of likely N-dealkylation sites (tertiary alicyclic amines) is 2. The second-order valence-corrected chi connectivity index (χ2v) is 14.8. The van der Waals surface area contributed by atoms with Crippen molar-refractivity contribution in [2.45, 2.75) is 56.9 Å². The molecule has 3 atom stereocenters. The maximum atomic E-state index is 15.0. The highest BCUT2D eigenvalue weighted by molar-refractivity contribution is 5.69. The van der Waals surface area contributed by atoms with Gasteiger partial charge in [0.2, 0.25) is 0 Å². The monoisotopic (exact) mass is 652 g/mol. The number of rotatable bonds is 12. The summed E-state index contributed by atoms with van der Waals surface area (Å²) in [5.74, 6) is 1.37. The zero-order valence-electron chi connectivity index (χ0n) is 28.3. The molecule has 1 aromatic heterocycles. The number of hydrogen-bond donors (Lipinski definition) is 0. The molecule has 0 spiro atoms. The number of anilines is 1. The molecular formula is C39H49FN6O2. The van der Waals surface area contributed by atoms with Crippen LogP contribution >= 0.6 is 0 Å². The summed E-state index contributed by atoms with van der Waals surface area (Å²) in [4.78, 5) is 24.4.